The van der Waals surface area contributed by atoms with Crippen molar-refractivity contribution in [2.45, 2.75) is 24.2 Å². The normalized spacial score (nSPS) is 15.2. The molecule has 1 heterocycles. The van der Waals surface area contributed by atoms with Gasteiger partial charge in [0.05, 0.1) is 12.8 Å². The third-order valence-corrected chi connectivity index (χ3v) is 6.74. The number of carbonyl (C=O) groups is 1. The molecule has 0 unspecified atom stereocenters. The van der Waals surface area contributed by atoms with Crippen LogP contribution in [0.1, 0.15) is 24.8 Å². The van der Waals surface area contributed by atoms with E-state index in [2.05, 4.69) is 5.32 Å². The van der Waals surface area contributed by atoms with Crippen LogP contribution in [0.15, 0.2) is 41.3 Å². The molecule has 0 aliphatic carbocycles. The first-order valence-electron chi connectivity index (χ1n) is 9.54. The average molecular weight is 454 g/mol. The number of methoxy groups -OCH3 is 1. The Kier molecular flexibility index (Phi) is 7.01. The van der Waals surface area contributed by atoms with Crippen LogP contribution in [0.2, 0.25) is 0 Å². The van der Waals surface area contributed by atoms with Crippen LogP contribution in [-0.4, -0.2) is 38.8 Å². The molecule has 0 aromatic heterocycles. The molecule has 1 fully saturated rings. The molecule has 166 valence electrons. The van der Waals surface area contributed by atoms with Crippen molar-refractivity contribution in [1.82, 2.24) is 4.31 Å². The maximum atomic E-state index is 13.7. The summed E-state index contributed by atoms with van der Waals surface area (Å²) in [4.78, 5) is 12.0. The van der Waals surface area contributed by atoms with E-state index in [0.29, 0.717) is 30.8 Å². The van der Waals surface area contributed by atoms with Gasteiger partial charge in [0.15, 0.2) is 11.6 Å². The Morgan fingerprint density at radius 2 is 1.71 bits per heavy atom. The van der Waals surface area contributed by atoms with Gasteiger partial charge >= 0.3 is 0 Å². The predicted octanol–water partition coefficient (Wildman–Crippen LogP) is 3.94. The fraction of sp³-hybridized carbons (Fsp3) is 0.286. The van der Waals surface area contributed by atoms with E-state index < -0.39 is 39.1 Å². The number of hydrogen-bond acceptors (Lipinski definition) is 4. The molecular weight excluding hydrogens is 433 g/mol. The third kappa shape index (κ3) is 5.26. The molecule has 6 nitrogen and oxygen atoms in total. The average Bonchev–Trinajstić information content (AvgIpc) is 2.76. The molecule has 10 heteroatoms. The molecule has 0 atom stereocenters. The molecule has 0 radical (unpaired) electrons. The van der Waals surface area contributed by atoms with Crippen molar-refractivity contribution in [3.8, 4) is 5.75 Å². The molecule has 0 bridgehead atoms. The smallest absolute Gasteiger partial charge is 0.248 e. The molecule has 1 aliphatic rings. The number of ether oxygens (including phenoxy) is 1. The van der Waals surface area contributed by atoms with Crippen LogP contribution in [0.25, 0.3) is 6.08 Å². The largest absolute Gasteiger partial charge is 0.495 e. The molecule has 0 spiro atoms. The molecule has 2 aromatic carbocycles. The second-order valence-corrected chi connectivity index (χ2v) is 8.85. The maximum absolute atomic E-state index is 13.7. The highest BCUT2D eigenvalue weighted by atomic mass is 32.2. The van der Waals surface area contributed by atoms with Gasteiger partial charge in [-0.25, -0.2) is 21.6 Å². The van der Waals surface area contributed by atoms with Gasteiger partial charge in [0, 0.05) is 31.3 Å². The highest BCUT2D eigenvalue weighted by Gasteiger charge is 2.29. The number of sulfonamides is 1. The fourth-order valence-electron chi connectivity index (χ4n) is 3.21. The number of halogens is 3. The Hall–Kier alpha value is -2.85. The summed E-state index contributed by atoms with van der Waals surface area (Å²) in [5.74, 6) is -4.42. The van der Waals surface area contributed by atoms with Gasteiger partial charge in [-0.3, -0.25) is 4.79 Å². The van der Waals surface area contributed by atoms with Crippen molar-refractivity contribution >= 4 is 27.7 Å². The lowest BCUT2D eigenvalue weighted by atomic mass is 10.2. The second-order valence-electron chi connectivity index (χ2n) is 6.94. The van der Waals surface area contributed by atoms with Gasteiger partial charge in [-0.05, 0) is 36.6 Å². The SMILES string of the molecule is COc1ccc(/C=C/C(=O)Nc2cc(F)c(F)cc2F)cc1S(=O)(=O)N1CCCCC1. The summed E-state index contributed by atoms with van der Waals surface area (Å²) in [6.45, 7) is 0.849. The van der Waals surface area contributed by atoms with Gasteiger partial charge in [0.2, 0.25) is 15.9 Å². The summed E-state index contributed by atoms with van der Waals surface area (Å²) in [5.41, 5.74) is -0.131. The number of nitrogens with one attached hydrogen (secondary N) is 1. The first kappa shape index (κ1) is 22.8. The summed E-state index contributed by atoms with van der Waals surface area (Å²) in [6.07, 6.45) is 4.88. The Balaban J connectivity index is 1.82. The standard InChI is InChI=1S/C21H21F3N2O4S/c1-30-19-7-5-14(11-20(19)31(28,29)26-9-3-2-4-10-26)6-8-21(27)25-18-13-16(23)15(22)12-17(18)24/h5-8,11-13H,2-4,9-10H2,1H3,(H,25,27)/b8-6+. The zero-order chi connectivity index (χ0) is 22.6. The lowest BCUT2D eigenvalue weighted by Crippen LogP contribution is -2.35. The lowest BCUT2D eigenvalue weighted by Gasteiger charge is -2.26. The molecule has 1 saturated heterocycles. The van der Waals surface area contributed by atoms with Gasteiger partial charge in [-0.2, -0.15) is 4.31 Å². The molecule has 1 aliphatic heterocycles. The number of piperidine rings is 1. The minimum Gasteiger partial charge on any atom is -0.495 e. The topological polar surface area (TPSA) is 75.7 Å². The Morgan fingerprint density at radius 3 is 2.39 bits per heavy atom. The molecule has 1 amide bonds. The Morgan fingerprint density at radius 1 is 1.03 bits per heavy atom. The predicted molar refractivity (Wildman–Crippen MR) is 110 cm³/mol. The highest BCUT2D eigenvalue weighted by molar-refractivity contribution is 7.89. The second kappa shape index (κ2) is 9.52. The molecule has 0 saturated carbocycles. The highest BCUT2D eigenvalue weighted by Crippen LogP contribution is 2.30. The quantitative estimate of drug-likeness (QED) is 0.530. The van der Waals surface area contributed by atoms with Crippen LogP contribution in [-0.2, 0) is 14.8 Å². The van der Waals surface area contributed by atoms with Crippen LogP contribution in [0, 0.1) is 17.5 Å². The Bertz CT molecular complexity index is 1110. The van der Waals surface area contributed by atoms with E-state index in [1.807, 2.05) is 0 Å². The van der Waals surface area contributed by atoms with E-state index >= 15 is 0 Å². The van der Waals surface area contributed by atoms with E-state index in [0.717, 1.165) is 25.3 Å². The maximum Gasteiger partial charge on any atom is 0.248 e. The van der Waals surface area contributed by atoms with Crippen molar-refractivity contribution in [1.29, 1.82) is 0 Å². The summed E-state index contributed by atoms with van der Waals surface area (Å²) in [5, 5.41) is 2.11. The lowest BCUT2D eigenvalue weighted by molar-refractivity contribution is -0.111. The summed E-state index contributed by atoms with van der Waals surface area (Å²) >= 11 is 0. The minimum absolute atomic E-state index is 0.0221. The number of carbonyl (C=O) groups excluding carboxylic acids is 1. The van der Waals surface area contributed by atoms with E-state index in [1.165, 1.54) is 29.6 Å². The van der Waals surface area contributed by atoms with Crippen LogP contribution < -0.4 is 10.1 Å². The van der Waals surface area contributed by atoms with Gasteiger partial charge in [0.1, 0.15) is 16.5 Å². The van der Waals surface area contributed by atoms with Crippen LogP contribution >= 0.6 is 0 Å². The van der Waals surface area contributed by atoms with Crippen LogP contribution in [0.5, 0.6) is 5.75 Å². The van der Waals surface area contributed by atoms with E-state index in [4.69, 9.17) is 4.74 Å². The van der Waals surface area contributed by atoms with E-state index in [-0.39, 0.29) is 10.6 Å². The number of amides is 1. The molecular formula is C21H21F3N2O4S. The zero-order valence-corrected chi connectivity index (χ0v) is 17.5. The molecule has 3 rings (SSSR count). The number of nitrogens with zero attached hydrogens (tertiary/aromatic N) is 1. The summed E-state index contributed by atoms with van der Waals surface area (Å²) in [6, 6.07) is 5.27. The zero-order valence-electron chi connectivity index (χ0n) is 16.7. The minimum atomic E-state index is -3.78. The Labute approximate surface area is 178 Å². The van der Waals surface area contributed by atoms with Crippen molar-refractivity contribution in [2.75, 3.05) is 25.5 Å². The summed E-state index contributed by atoms with van der Waals surface area (Å²) in [7, 11) is -2.42. The first-order valence-corrected chi connectivity index (χ1v) is 11.0. The van der Waals surface area contributed by atoms with Gasteiger partial charge in [-0.15, -0.1) is 0 Å². The van der Waals surface area contributed by atoms with Gasteiger partial charge in [0.25, 0.3) is 0 Å². The molecule has 2 aromatic rings. The number of benzene rings is 2. The van der Waals surface area contributed by atoms with Crippen molar-refractivity contribution < 1.29 is 31.1 Å². The fourth-order valence-corrected chi connectivity index (χ4v) is 4.92. The van der Waals surface area contributed by atoms with E-state index in [1.54, 1.807) is 6.07 Å². The molecule has 31 heavy (non-hydrogen) atoms. The third-order valence-electron chi connectivity index (χ3n) is 4.82. The van der Waals surface area contributed by atoms with Crippen LogP contribution in [0.4, 0.5) is 18.9 Å². The number of anilines is 1. The van der Waals surface area contributed by atoms with Crippen molar-refractivity contribution in [3.05, 3.63) is 59.4 Å². The van der Waals surface area contributed by atoms with Gasteiger partial charge in [-0.1, -0.05) is 12.5 Å². The summed E-state index contributed by atoms with van der Waals surface area (Å²) < 4.78 is 72.6. The van der Waals surface area contributed by atoms with Crippen molar-refractivity contribution in [3.63, 3.8) is 0 Å². The first-order chi connectivity index (χ1) is 14.7. The van der Waals surface area contributed by atoms with E-state index in [9.17, 15) is 26.4 Å². The monoisotopic (exact) mass is 454 g/mol. The number of hydrogen-bond donors (Lipinski definition) is 1. The molecule has 1 N–H and O–H groups in total. The van der Waals surface area contributed by atoms with Crippen molar-refractivity contribution in [2.24, 2.45) is 0 Å². The number of rotatable bonds is 6. The van der Waals surface area contributed by atoms with Crippen LogP contribution in [0.3, 0.4) is 0 Å². The van der Waals surface area contributed by atoms with Gasteiger partial charge < -0.3 is 10.1 Å².